The van der Waals surface area contributed by atoms with Crippen molar-refractivity contribution >= 4 is 34.2 Å². The van der Waals surface area contributed by atoms with Crippen molar-refractivity contribution in [2.45, 2.75) is 18.2 Å². The summed E-state index contributed by atoms with van der Waals surface area (Å²) in [5, 5.41) is 1.15. The molecule has 0 saturated carbocycles. The van der Waals surface area contributed by atoms with E-state index in [-0.39, 0.29) is 0 Å². The predicted molar refractivity (Wildman–Crippen MR) is 54.0 cm³/mol. The molecule has 0 atom stereocenters. The third kappa shape index (κ3) is 1.21. The standard InChI is InChI=1S/C8H8N2S2/c1-2-7-10-8-5(11)3-9-4-6(8)12-7/h3-4,11H,2H2,1H3. The summed E-state index contributed by atoms with van der Waals surface area (Å²) in [5.74, 6) is 0. The molecule has 2 aromatic rings. The summed E-state index contributed by atoms with van der Waals surface area (Å²) in [6.07, 6.45) is 4.54. The second kappa shape index (κ2) is 3.03. The second-order valence-electron chi connectivity index (χ2n) is 2.47. The van der Waals surface area contributed by atoms with Crippen LogP contribution in [0.1, 0.15) is 11.9 Å². The van der Waals surface area contributed by atoms with Crippen LogP contribution in [0.2, 0.25) is 0 Å². The Bertz CT molecular complexity index is 408. The molecule has 0 aliphatic carbocycles. The summed E-state index contributed by atoms with van der Waals surface area (Å²) in [6.45, 7) is 2.10. The highest BCUT2D eigenvalue weighted by atomic mass is 32.1. The molecule has 2 heterocycles. The Morgan fingerprint density at radius 1 is 1.50 bits per heavy atom. The number of nitrogens with zero attached hydrogens (tertiary/aromatic N) is 2. The number of thiol groups is 1. The summed E-state index contributed by atoms with van der Waals surface area (Å²) < 4.78 is 1.12. The molecule has 0 fully saturated rings. The van der Waals surface area contributed by atoms with Crippen molar-refractivity contribution in [3.63, 3.8) is 0 Å². The van der Waals surface area contributed by atoms with Crippen molar-refractivity contribution in [1.29, 1.82) is 0 Å². The molecule has 0 aliphatic heterocycles. The van der Waals surface area contributed by atoms with E-state index in [4.69, 9.17) is 0 Å². The zero-order chi connectivity index (χ0) is 8.55. The second-order valence-corrected chi connectivity index (χ2v) is 4.06. The molecule has 2 nitrogen and oxygen atoms in total. The molecule has 0 radical (unpaired) electrons. The van der Waals surface area contributed by atoms with Crippen LogP contribution in [0.25, 0.3) is 10.2 Å². The molecule has 0 unspecified atom stereocenters. The zero-order valence-electron chi connectivity index (χ0n) is 6.61. The van der Waals surface area contributed by atoms with Crippen molar-refractivity contribution in [3.8, 4) is 0 Å². The normalized spacial score (nSPS) is 10.8. The molecule has 0 saturated heterocycles. The molecule has 0 bridgehead atoms. The molecule has 0 spiro atoms. The number of rotatable bonds is 1. The quantitative estimate of drug-likeness (QED) is 0.709. The maximum atomic E-state index is 4.43. The van der Waals surface area contributed by atoms with Crippen molar-refractivity contribution in [2.75, 3.05) is 0 Å². The van der Waals surface area contributed by atoms with Gasteiger partial charge in [0.25, 0.3) is 0 Å². The Balaban J connectivity index is 2.74. The molecule has 62 valence electrons. The number of thiazole rings is 1. The Kier molecular flexibility index (Phi) is 2.02. The van der Waals surface area contributed by atoms with Gasteiger partial charge in [-0.05, 0) is 6.42 Å². The molecule has 2 rings (SSSR count). The molecular formula is C8H8N2S2. The fraction of sp³-hybridized carbons (Fsp3) is 0.250. The lowest BCUT2D eigenvalue weighted by molar-refractivity contribution is 1.10. The van der Waals surface area contributed by atoms with Crippen molar-refractivity contribution < 1.29 is 0 Å². The van der Waals surface area contributed by atoms with E-state index in [2.05, 4.69) is 29.5 Å². The van der Waals surface area contributed by atoms with Gasteiger partial charge >= 0.3 is 0 Å². The number of aromatic nitrogens is 2. The van der Waals surface area contributed by atoms with Gasteiger partial charge in [0.2, 0.25) is 0 Å². The first-order valence-electron chi connectivity index (χ1n) is 3.73. The van der Waals surface area contributed by atoms with Gasteiger partial charge in [-0.15, -0.1) is 24.0 Å². The monoisotopic (exact) mass is 196 g/mol. The maximum Gasteiger partial charge on any atom is 0.0979 e. The minimum atomic E-state index is 0.864. The Morgan fingerprint density at radius 2 is 2.33 bits per heavy atom. The number of pyridine rings is 1. The molecule has 12 heavy (non-hydrogen) atoms. The number of aryl methyl sites for hydroxylation is 1. The van der Waals surface area contributed by atoms with Crippen molar-refractivity contribution in [3.05, 3.63) is 17.4 Å². The first kappa shape index (κ1) is 8.01. The van der Waals surface area contributed by atoms with Gasteiger partial charge in [-0.25, -0.2) is 4.98 Å². The van der Waals surface area contributed by atoms with Gasteiger partial charge in [-0.3, -0.25) is 4.98 Å². The van der Waals surface area contributed by atoms with E-state index in [1.54, 1.807) is 17.5 Å². The Morgan fingerprint density at radius 3 is 3.00 bits per heavy atom. The van der Waals surface area contributed by atoms with Gasteiger partial charge in [0.1, 0.15) is 0 Å². The van der Waals surface area contributed by atoms with Crippen LogP contribution < -0.4 is 0 Å². The Labute approximate surface area is 80.1 Å². The van der Waals surface area contributed by atoms with Gasteiger partial charge in [0, 0.05) is 17.3 Å². The predicted octanol–water partition coefficient (Wildman–Crippen LogP) is 2.54. The fourth-order valence-corrected chi connectivity index (χ4v) is 2.25. The molecule has 4 heteroatoms. The van der Waals surface area contributed by atoms with Crippen LogP contribution in [0.3, 0.4) is 0 Å². The van der Waals surface area contributed by atoms with Crippen LogP contribution in [0, 0.1) is 0 Å². The smallest absolute Gasteiger partial charge is 0.0979 e. The van der Waals surface area contributed by atoms with Crippen molar-refractivity contribution in [1.82, 2.24) is 9.97 Å². The average Bonchev–Trinajstić information content (AvgIpc) is 2.49. The van der Waals surface area contributed by atoms with E-state index in [0.717, 1.165) is 26.5 Å². The van der Waals surface area contributed by atoms with Crippen LogP contribution in [-0.4, -0.2) is 9.97 Å². The van der Waals surface area contributed by atoms with E-state index in [0.29, 0.717) is 0 Å². The highest BCUT2D eigenvalue weighted by molar-refractivity contribution is 7.80. The van der Waals surface area contributed by atoms with Gasteiger partial charge in [-0.1, -0.05) is 6.92 Å². The number of hydrogen-bond donors (Lipinski definition) is 1. The third-order valence-electron chi connectivity index (χ3n) is 1.63. The topological polar surface area (TPSA) is 25.8 Å². The highest BCUT2D eigenvalue weighted by Gasteiger charge is 2.04. The minimum Gasteiger partial charge on any atom is -0.262 e. The molecular weight excluding hydrogens is 188 g/mol. The summed E-state index contributed by atoms with van der Waals surface area (Å²) in [5.41, 5.74) is 0.982. The SMILES string of the molecule is CCc1nc2c(S)cncc2s1. The molecule has 0 N–H and O–H groups in total. The van der Waals surface area contributed by atoms with Crippen LogP contribution in [0.4, 0.5) is 0 Å². The van der Waals surface area contributed by atoms with Crippen LogP contribution in [-0.2, 0) is 6.42 Å². The Hall–Kier alpha value is -0.610. The van der Waals surface area contributed by atoms with Gasteiger partial charge in [0.15, 0.2) is 0 Å². The zero-order valence-corrected chi connectivity index (χ0v) is 8.32. The molecule has 0 amide bonds. The summed E-state index contributed by atoms with van der Waals surface area (Å²) >= 11 is 5.97. The molecule has 0 aliphatic rings. The number of hydrogen-bond acceptors (Lipinski definition) is 4. The lowest BCUT2D eigenvalue weighted by atomic mass is 10.4. The largest absolute Gasteiger partial charge is 0.262 e. The number of fused-ring (bicyclic) bond motifs is 1. The lowest BCUT2D eigenvalue weighted by Crippen LogP contribution is -1.77. The van der Waals surface area contributed by atoms with Gasteiger partial charge in [0.05, 0.1) is 15.2 Å². The van der Waals surface area contributed by atoms with Gasteiger partial charge in [-0.2, -0.15) is 0 Å². The summed E-state index contributed by atoms with van der Waals surface area (Å²) in [7, 11) is 0. The van der Waals surface area contributed by atoms with Gasteiger partial charge < -0.3 is 0 Å². The van der Waals surface area contributed by atoms with Crippen molar-refractivity contribution in [2.24, 2.45) is 0 Å². The first-order valence-corrected chi connectivity index (χ1v) is 5.00. The molecule has 0 aromatic carbocycles. The lowest BCUT2D eigenvalue weighted by Gasteiger charge is -1.88. The fourth-order valence-electron chi connectivity index (χ4n) is 1.04. The third-order valence-corrected chi connectivity index (χ3v) is 3.09. The minimum absolute atomic E-state index is 0.864. The summed E-state index contributed by atoms with van der Waals surface area (Å²) in [6, 6.07) is 0. The summed E-state index contributed by atoms with van der Waals surface area (Å²) in [4.78, 5) is 9.35. The maximum absolute atomic E-state index is 4.43. The van der Waals surface area contributed by atoms with Crippen LogP contribution in [0.15, 0.2) is 17.3 Å². The van der Waals surface area contributed by atoms with E-state index < -0.39 is 0 Å². The highest BCUT2D eigenvalue weighted by Crippen LogP contribution is 2.25. The van der Waals surface area contributed by atoms with Crippen LogP contribution >= 0.6 is 24.0 Å². The van der Waals surface area contributed by atoms with E-state index in [1.807, 2.05) is 6.20 Å². The van der Waals surface area contributed by atoms with E-state index in [9.17, 15) is 0 Å². The average molecular weight is 196 g/mol. The van der Waals surface area contributed by atoms with E-state index in [1.165, 1.54) is 0 Å². The first-order chi connectivity index (χ1) is 5.81. The van der Waals surface area contributed by atoms with Crippen LogP contribution in [0.5, 0.6) is 0 Å². The molecule has 2 aromatic heterocycles. The van der Waals surface area contributed by atoms with E-state index >= 15 is 0 Å².